The quantitative estimate of drug-likeness (QED) is 0.854. The van der Waals surface area contributed by atoms with E-state index in [1.165, 1.54) is 0 Å². The summed E-state index contributed by atoms with van der Waals surface area (Å²) >= 11 is 0. The summed E-state index contributed by atoms with van der Waals surface area (Å²) in [5.41, 5.74) is 5.72. The van der Waals surface area contributed by atoms with E-state index in [0.29, 0.717) is 30.5 Å². The highest BCUT2D eigenvalue weighted by Gasteiger charge is 2.34. The average molecular weight is 343 g/mol. The number of nitrogens with zero attached hydrogens (tertiary/aromatic N) is 2. The predicted molar refractivity (Wildman–Crippen MR) is 93.2 cm³/mol. The van der Waals surface area contributed by atoms with Gasteiger partial charge in [0.2, 0.25) is 0 Å². The molecule has 0 spiro atoms. The normalized spacial score (nSPS) is 21.2. The molecule has 0 bridgehead atoms. The van der Waals surface area contributed by atoms with Gasteiger partial charge in [-0.25, -0.2) is 4.98 Å². The monoisotopic (exact) mass is 342 g/mol. The molecule has 1 aliphatic rings. The number of halogens is 1. The van der Waals surface area contributed by atoms with E-state index < -0.39 is 0 Å². The summed E-state index contributed by atoms with van der Waals surface area (Å²) < 4.78 is 0. The Morgan fingerprint density at radius 3 is 2.48 bits per heavy atom. The van der Waals surface area contributed by atoms with Crippen molar-refractivity contribution in [1.82, 2.24) is 14.9 Å². The third-order valence-electron chi connectivity index (χ3n) is 4.28. The van der Waals surface area contributed by atoms with Crippen LogP contribution in [-0.2, 0) is 5.41 Å². The maximum Gasteiger partial charge on any atom is 0.264 e. The van der Waals surface area contributed by atoms with Crippen LogP contribution < -0.4 is 11.3 Å². The van der Waals surface area contributed by atoms with Crippen LogP contribution in [0.5, 0.6) is 0 Å². The van der Waals surface area contributed by atoms with Gasteiger partial charge in [0.25, 0.3) is 11.5 Å². The van der Waals surface area contributed by atoms with Crippen LogP contribution in [0.2, 0.25) is 0 Å². The Hall–Kier alpha value is -1.40. The second-order valence-electron chi connectivity index (χ2n) is 7.27. The molecule has 1 aromatic rings. The molecule has 23 heavy (non-hydrogen) atoms. The lowest BCUT2D eigenvalue weighted by Crippen LogP contribution is -2.39. The van der Waals surface area contributed by atoms with Crippen LogP contribution in [0, 0.1) is 12.8 Å². The van der Waals surface area contributed by atoms with Crippen LogP contribution in [0.3, 0.4) is 0 Å². The SMILES string of the molecule is Cc1nc(C(C)(C)C)[nH]c(=O)c1C(=O)N1CC(CN)CC1C.Cl. The number of carbonyl (C=O) groups excluding carboxylic acids is 1. The van der Waals surface area contributed by atoms with Crippen molar-refractivity contribution in [3.05, 3.63) is 27.4 Å². The van der Waals surface area contributed by atoms with Gasteiger partial charge in [-0.2, -0.15) is 0 Å². The summed E-state index contributed by atoms with van der Waals surface area (Å²) in [6.07, 6.45) is 0.882. The second kappa shape index (κ2) is 7.01. The highest BCUT2D eigenvalue weighted by molar-refractivity contribution is 5.95. The minimum Gasteiger partial charge on any atom is -0.335 e. The minimum absolute atomic E-state index is 0. The first-order valence-corrected chi connectivity index (χ1v) is 7.77. The number of nitrogens with two attached hydrogens (primary N) is 1. The summed E-state index contributed by atoms with van der Waals surface area (Å²) in [5, 5.41) is 0. The minimum atomic E-state index is -0.356. The fourth-order valence-electron chi connectivity index (χ4n) is 2.93. The summed E-state index contributed by atoms with van der Waals surface area (Å²) in [7, 11) is 0. The highest BCUT2D eigenvalue weighted by Crippen LogP contribution is 2.24. The fourth-order valence-corrected chi connectivity index (χ4v) is 2.93. The van der Waals surface area contributed by atoms with E-state index in [4.69, 9.17) is 5.73 Å². The Morgan fingerprint density at radius 2 is 2.04 bits per heavy atom. The third-order valence-corrected chi connectivity index (χ3v) is 4.28. The molecule has 1 aromatic heterocycles. The molecular weight excluding hydrogens is 316 g/mol. The molecule has 6 nitrogen and oxygen atoms in total. The van der Waals surface area contributed by atoms with E-state index in [2.05, 4.69) is 9.97 Å². The van der Waals surface area contributed by atoms with E-state index in [0.717, 1.165) is 6.42 Å². The summed E-state index contributed by atoms with van der Waals surface area (Å²) in [5.74, 6) is 0.663. The molecule has 2 unspecified atom stereocenters. The number of hydrogen-bond acceptors (Lipinski definition) is 4. The first-order chi connectivity index (χ1) is 10.1. The number of aromatic amines is 1. The fraction of sp³-hybridized carbons (Fsp3) is 0.688. The molecule has 1 amide bonds. The van der Waals surface area contributed by atoms with Crippen LogP contribution in [0.1, 0.15) is 56.0 Å². The summed E-state index contributed by atoms with van der Waals surface area (Å²) in [6.45, 7) is 10.8. The van der Waals surface area contributed by atoms with Crippen LogP contribution in [0.4, 0.5) is 0 Å². The molecule has 1 aliphatic heterocycles. The zero-order valence-electron chi connectivity index (χ0n) is 14.5. The molecule has 7 heteroatoms. The van der Waals surface area contributed by atoms with Gasteiger partial charge in [0.15, 0.2) is 0 Å². The Bertz CT molecular complexity index is 636. The molecule has 0 aliphatic carbocycles. The zero-order valence-corrected chi connectivity index (χ0v) is 15.3. The van der Waals surface area contributed by atoms with Crippen molar-refractivity contribution in [2.75, 3.05) is 13.1 Å². The van der Waals surface area contributed by atoms with E-state index in [1.807, 2.05) is 27.7 Å². The highest BCUT2D eigenvalue weighted by atomic mass is 35.5. The maximum atomic E-state index is 12.7. The lowest BCUT2D eigenvalue weighted by molar-refractivity contribution is 0.0740. The number of likely N-dealkylation sites (tertiary alicyclic amines) is 1. The van der Waals surface area contributed by atoms with Crippen LogP contribution in [-0.4, -0.2) is 39.9 Å². The number of rotatable bonds is 2. The van der Waals surface area contributed by atoms with Gasteiger partial charge in [0, 0.05) is 18.0 Å². The van der Waals surface area contributed by atoms with Crippen molar-refractivity contribution >= 4 is 18.3 Å². The van der Waals surface area contributed by atoms with Crippen LogP contribution in [0.25, 0.3) is 0 Å². The summed E-state index contributed by atoms with van der Waals surface area (Å²) in [6, 6.07) is 0.0992. The molecule has 2 atom stereocenters. The van der Waals surface area contributed by atoms with Crippen molar-refractivity contribution in [3.63, 3.8) is 0 Å². The number of nitrogens with one attached hydrogen (secondary N) is 1. The zero-order chi connectivity index (χ0) is 16.7. The first-order valence-electron chi connectivity index (χ1n) is 7.77. The van der Waals surface area contributed by atoms with Crippen molar-refractivity contribution in [3.8, 4) is 0 Å². The molecule has 130 valence electrons. The Morgan fingerprint density at radius 1 is 1.43 bits per heavy atom. The number of H-pyrrole nitrogens is 1. The largest absolute Gasteiger partial charge is 0.335 e. The first kappa shape index (κ1) is 19.6. The standard InChI is InChI=1S/C16H26N4O2.ClH/c1-9-6-11(7-17)8-20(9)14(22)12-10(2)18-15(16(3,4)5)19-13(12)21;/h9,11H,6-8,17H2,1-5H3,(H,18,19,21);1H. The van der Waals surface area contributed by atoms with E-state index in [9.17, 15) is 9.59 Å². The van der Waals surface area contributed by atoms with Gasteiger partial charge < -0.3 is 15.6 Å². The smallest absolute Gasteiger partial charge is 0.264 e. The van der Waals surface area contributed by atoms with Crippen molar-refractivity contribution in [1.29, 1.82) is 0 Å². The predicted octanol–water partition coefficient (Wildman–Crippen LogP) is 1.61. The number of hydrogen-bond donors (Lipinski definition) is 2. The number of amides is 1. The molecule has 2 rings (SSSR count). The van der Waals surface area contributed by atoms with Gasteiger partial charge >= 0.3 is 0 Å². The van der Waals surface area contributed by atoms with Gasteiger partial charge in [-0.05, 0) is 32.7 Å². The van der Waals surface area contributed by atoms with E-state index >= 15 is 0 Å². The molecule has 1 fully saturated rings. The number of aryl methyl sites for hydroxylation is 1. The maximum absolute atomic E-state index is 12.7. The molecular formula is C16H27ClN4O2. The van der Waals surface area contributed by atoms with Crippen LogP contribution in [0.15, 0.2) is 4.79 Å². The third kappa shape index (κ3) is 3.93. The Balaban J connectivity index is 0.00000264. The van der Waals surface area contributed by atoms with Crippen LogP contribution >= 0.6 is 12.4 Å². The number of aromatic nitrogens is 2. The Kier molecular flexibility index (Phi) is 5.99. The molecule has 2 heterocycles. The van der Waals surface area contributed by atoms with Gasteiger partial charge in [0.1, 0.15) is 11.4 Å². The van der Waals surface area contributed by atoms with Crippen molar-refractivity contribution < 1.29 is 4.79 Å². The Labute approximate surface area is 143 Å². The van der Waals surface area contributed by atoms with Gasteiger partial charge in [-0.3, -0.25) is 9.59 Å². The molecule has 1 saturated heterocycles. The lowest BCUT2D eigenvalue weighted by Gasteiger charge is -2.23. The topological polar surface area (TPSA) is 92.1 Å². The molecule has 0 aromatic carbocycles. The molecule has 3 N–H and O–H groups in total. The average Bonchev–Trinajstić information content (AvgIpc) is 2.78. The lowest BCUT2D eigenvalue weighted by atomic mass is 9.95. The molecule has 0 radical (unpaired) electrons. The van der Waals surface area contributed by atoms with E-state index in [1.54, 1.807) is 11.8 Å². The van der Waals surface area contributed by atoms with Crippen molar-refractivity contribution in [2.24, 2.45) is 11.7 Å². The second-order valence-corrected chi connectivity index (χ2v) is 7.27. The van der Waals surface area contributed by atoms with Gasteiger partial charge in [0.05, 0.1) is 5.69 Å². The molecule has 0 saturated carbocycles. The van der Waals surface area contributed by atoms with Gasteiger partial charge in [-0.15, -0.1) is 12.4 Å². The van der Waals surface area contributed by atoms with Crippen molar-refractivity contribution in [2.45, 2.75) is 52.5 Å². The van der Waals surface area contributed by atoms with E-state index in [-0.39, 0.29) is 40.9 Å². The van der Waals surface area contributed by atoms with Gasteiger partial charge in [-0.1, -0.05) is 20.8 Å². The number of carbonyl (C=O) groups is 1. The summed E-state index contributed by atoms with van der Waals surface area (Å²) in [4.78, 5) is 34.1.